The summed E-state index contributed by atoms with van der Waals surface area (Å²) in [4.78, 5) is 18.6. The molecule has 0 radical (unpaired) electrons. The van der Waals surface area contributed by atoms with Gasteiger partial charge < -0.3 is 10.2 Å². The smallest absolute Gasteiger partial charge is 0.258 e. The Kier molecular flexibility index (Phi) is 3.16. The van der Waals surface area contributed by atoms with Gasteiger partial charge in [0.1, 0.15) is 0 Å². The number of amides is 1. The highest BCUT2D eigenvalue weighted by molar-refractivity contribution is 6.00. The summed E-state index contributed by atoms with van der Waals surface area (Å²) in [5, 5.41) is 7.49. The molecule has 2 aromatic heterocycles. The zero-order valence-corrected chi connectivity index (χ0v) is 10.9. The highest BCUT2D eigenvalue weighted by Crippen LogP contribution is 2.16. The van der Waals surface area contributed by atoms with E-state index < -0.39 is 0 Å². The molecule has 0 bridgehead atoms. The second-order valence-electron chi connectivity index (χ2n) is 4.70. The summed E-state index contributed by atoms with van der Waals surface area (Å²) in [7, 11) is 0. The maximum absolute atomic E-state index is 12.7. The van der Waals surface area contributed by atoms with Crippen LogP contribution in [0.25, 0.3) is 5.52 Å². The third-order valence-electron chi connectivity index (χ3n) is 3.63. The monoisotopic (exact) mass is 259 g/mol. The number of fused-ring (bicyclic) bond motifs is 1. The average Bonchev–Trinajstić information content (AvgIpc) is 3.08. The van der Waals surface area contributed by atoms with Crippen molar-refractivity contribution >= 4 is 11.4 Å². The predicted octanol–water partition coefficient (Wildman–Crippen LogP) is 0.553. The molecule has 1 unspecified atom stereocenters. The summed E-state index contributed by atoms with van der Waals surface area (Å²) < 4.78 is 1.68. The number of aromatic nitrogens is 3. The van der Waals surface area contributed by atoms with Crippen LogP contribution in [0.3, 0.4) is 0 Å². The van der Waals surface area contributed by atoms with Gasteiger partial charge in [0.15, 0.2) is 0 Å². The Morgan fingerprint density at radius 1 is 1.58 bits per heavy atom. The minimum Gasteiger partial charge on any atom is -0.334 e. The third kappa shape index (κ3) is 2.08. The van der Waals surface area contributed by atoms with E-state index >= 15 is 0 Å². The molecule has 1 amide bonds. The molecule has 19 heavy (non-hydrogen) atoms. The SMILES string of the molecule is CCN(C(=O)c1cnn2ccncc12)C1CCNC1. The molecule has 1 aliphatic heterocycles. The van der Waals surface area contributed by atoms with Crippen LogP contribution in [-0.2, 0) is 0 Å². The van der Waals surface area contributed by atoms with Crippen molar-refractivity contribution in [3.05, 3.63) is 30.4 Å². The largest absolute Gasteiger partial charge is 0.334 e. The van der Waals surface area contributed by atoms with Crippen LogP contribution in [0.2, 0.25) is 0 Å². The highest BCUT2D eigenvalue weighted by Gasteiger charge is 2.27. The molecule has 1 N–H and O–H groups in total. The number of carbonyl (C=O) groups is 1. The van der Waals surface area contributed by atoms with Crippen molar-refractivity contribution in [3.8, 4) is 0 Å². The molecule has 1 aliphatic rings. The molecule has 3 rings (SSSR count). The predicted molar refractivity (Wildman–Crippen MR) is 71.0 cm³/mol. The summed E-state index contributed by atoms with van der Waals surface area (Å²) in [6.07, 6.45) is 7.73. The molecule has 6 heteroatoms. The standard InChI is InChI=1S/C13H17N5O/c1-2-17(10-3-4-14-7-10)13(19)11-8-16-18-6-5-15-9-12(11)18/h5-6,8-10,14H,2-4,7H2,1H3. The van der Waals surface area contributed by atoms with Gasteiger partial charge in [0, 0.05) is 31.5 Å². The Balaban J connectivity index is 1.93. The first-order valence-corrected chi connectivity index (χ1v) is 6.60. The van der Waals surface area contributed by atoms with Gasteiger partial charge in [-0.1, -0.05) is 0 Å². The lowest BCUT2D eigenvalue weighted by molar-refractivity contribution is 0.0705. The molecule has 6 nitrogen and oxygen atoms in total. The normalized spacial score (nSPS) is 18.9. The van der Waals surface area contributed by atoms with Crippen molar-refractivity contribution in [1.29, 1.82) is 0 Å². The third-order valence-corrected chi connectivity index (χ3v) is 3.63. The molecular weight excluding hydrogens is 242 g/mol. The van der Waals surface area contributed by atoms with E-state index in [1.807, 2.05) is 11.8 Å². The topological polar surface area (TPSA) is 62.5 Å². The van der Waals surface area contributed by atoms with Gasteiger partial charge in [-0.3, -0.25) is 9.78 Å². The van der Waals surface area contributed by atoms with Gasteiger partial charge in [0.05, 0.1) is 23.5 Å². The van der Waals surface area contributed by atoms with E-state index in [1.165, 1.54) is 0 Å². The van der Waals surface area contributed by atoms with Crippen molar-refractivity contribution < 1.29 is 4.79 Å². The maximum atomic E-state index is 12.7. The fourth-order valence-electron chi connectivity index (χ4n) is 2.63. The summed E-state index contributed by atoms with van der Waals surface area (Å²) in [5.74, 6) is 0.0409. The number of carbonyl (C=O) groups excluding carboxylic acids is 1. The van der Waals surface area contributed by atoms with Crippen LogP contribution in [0.5, 0.6) is 0 Å². The van der Waals surface area contributed by atoms with Gasteiger partial charge in [-0.25, -0.2) is 4.52 Å². The van der Waals surface area contributed by atoms with Gasteiger partial charge >= 0.3 is 0 Å². The maximum Gasteiger partial charge on any atom is 0.258 e. The number of likely N-dealkylation sites (N-methyl/N-ethyl adjacent to an activating group) is 1. The molecule has 1 saturated heterocycles. The molecule has 1 fully saturated rings. The Morgan fingerprint density at radius 3 is 3.21 bits per heavy atom. The van der Waals surface area contributed by atoms with Crippen molar-refractivity contribution in [2.24, 2.45) is 0 Å². The molecule has 0 spiro atoms. The fraction of sp³-hybridized carbons (Fsp3) is 0.462. The summed E-state index contributed by atoms with van der Waals surface area (Å²) in [6, 6.07) is 0.282. The molecule has 2 aromatic rings. The Morgan fingerprint density at radius 2 is 2.47 bits per heavy atom. The zero-order chi connectivity index (χ0) is 13.2. The van der Waals surface area contributed by atoms with E-state index in [9.17, 15) is 4.79 Å². The second-order valence-corrected chi connectivity index (χ2v) is 4.70. The Labute approximate surface area is 111 Å². The van der Waals surface area contributed by atoms with E-state index in [0.29, 0.717) is 12.1 Å². The van der Waals surface area contributed by atoms with Crippen molar-refractivity contribution in [1.82, 2.24) is 24.8 Å². The van der Waals surface area contributed by atoms with Gasteiger partial charge in [-0.15, -0.1) is 0 Å². The van der Waals surface area contributed by atoms with Crippen molar-refractivity contribution in [2.75, 3.05) is 19.6 Å². The molecular formula is C13H17N5O. The van der Waals surface area contributed by atoms with Gasteiger partial charge in [-0.05, 0) is 19.9 Å². The molecule has 100 valence electrons. The first-order valence-electron chi connectivity index (χ1n) is 6.60. The molecule has 0 aliphatic carbocycles. The minimum atomic E-state index is 0.0409. The van der Waals surface area contributed by atoms with Crippen LogP contribution in [0.4, 0.5) is 0 Å². The number of hydrogen-bond acceptors (Lipinski definition) is 4. The second kappa shape index (κ2) is 4.97. The Bertz CT molecular complexity index is 587. The summed E-state index contributed by atoms with van der Waals surface area (Å²) in [6.45, 7) is 4.57. The van der Waals surface area contributed by atoms with Gasteiger partial charge in [0.25, 0.3) is 5.91 Å². The van der Waals surface area contributed by atoms with Crippen molar-refractivity contribution in [3.63, 3.8) is 0 Å². The van der Waals surface area contributed by atoms with Gasteiger partial charge in [0.2, 0.25) is 0 Å². The lowest BCUT2D eigenvalue weighted by Crippen LogP contribution is -2.41. The van der Waals surface area contributed by atoms with Crippen LogP contribution >= 0.6 is 0 Å². The number of nitrogens with zero attached hydrogens (tertiary/aromatic N) is 4. The van der Waals surface area contributed by atoms with Crippen LogP contribution in [-0.4, -0.2) is 51.1 Å². The quantitative estimate of drug-likeness (QED) is 0.874. The molecule has 3 heterocycles. The molecule has 0 saturated carbocycles. The lowest BCUT2D eigenvalue weighted by atomic mass is 10.1. The molecule has 1 atom stereocenters. The molecule has 0 aromatic carbocycles. The van der Waals surface area contributed by atoms with Crippen LogP contribution < -0.4 is 5.32 Å². The number of rotatable bonds is 3. The summed E-state index contributed by atoms with van der Waals surface area (Å²) in [5.41, 5.74) is 1.39. The van der Waals surface area contributed by atoms with Crippen LogP contribution in [0.1, 0.15) is 23.7 Å². The van der Waals surface area contributed by atoms with E-state index in [4.69, 9.17) is 0 Å². The lowest BCUT2D eigenvalue weighted by Gasteiger charge is -2.26. The Hall–Kier alpha value is -1.95. The van der Waals surface area contributed by atoms with E-state index in [2.05, 4.69) is 15.4 Å². The average molecular weight is 259 g/mol. The van der Waals surface area contributed by atoms with Crippen LogP contribution in [0, 0.1) is 0 Å². The number of hydrogen-bond donors (Lipinski definition) is 1. The van der Waals surface area contributed by atoms with Crippen LogP contribution in [0.15, 0.2) is 24.8 Å². The van der Waals surface area contributed by atoms with E-state index in [-0.39, 0.29) is 11.9 Å². The number of nitrogens with one attached hydrogen (secondary N) is 1. The van der Waals surface area contributed by atoms with Gasteiger partial charge in [-0.2, -0.15) is 5.10 Å². The fourth-order valence-corrected chi connectivity index (χ4v) is 2.63. The summed E-state index contributed by atoms with van der Waals surface area (Å²) >= 11 is 0. The highest BCUT2D eigenvalue weighted by atomic mass is 16.2. The first-order chi connectivity index (χ1) is 9.31. The van der Waals surface area contributed by atoms with E-state index in [0.717, 1.165) is 25.0 Å². The van der Waals surface area contributed by atoms with Crippen molar-refractivity contribution in [2.45, 2.75) is 19.4 Å². The zero-order valence-electron chi connectivity index (χ0n) is 10.9. The minimum absolute atomic E-state index is 0.0409. The first kappa shape index (κ1) is 12.1. The van der Waals surface area contributed by atoms with E-state index in [1.54, 1.807) is 29.3 Å².